The van der Waals surface area contributed by atoms with Crippen molar-refractivity contribution in [1.29, 1.82) is 0 Å². The molecule has 0 heterocycles. The maximum atomic E-state index is 11.4. The second kappa shape index (κ2) is 22.2. The van der Waals surface area contributed by atoms with Gasteiger partial charge in [-0.2, -0.15) is 0 Å². The number of aryl methyl sites for hydroxylation is 2. The fraction of sp³-hybridized carbons (Fsp3) is 0.583. The number of ether oxygens (including phenoxy) is 4. The van der Waals surface area contributed by atoms with Crippen LogP contribution in [-0.2, 0) is 22.3 Å². The number of allylic oxidation sites excluding steroid dienone is 6. The number of phenolic OH excluding ortho intramolecular Hbond substituents is 2. The lowest BCUT2D eigenvalue weighted by Gasteiger charge is -2.32. The molecule has 2 aromatic carbocycles. The van der Waals surface area contributed by atoms with Crippen LogP contribution in [0.5, 0.6) is 23.0 Å². The number of unbranched alkanes of at least 4 members (excludes halogenated alkanes) is 4. The Kier molecular flexibility index (Phi) is 17.8. The van der Waals surface area contributed by atoms with Gasteiger partial charge in [-0.15, -0.1) is 0 Å². The molecule has 2 N–H and O–H groups in total. The highest BCUT2D eigenvalue weighted by Gasteiger charge is 2.32. The number of benzene rings is 2. The summed E-state index contributed by atoms with van der Waals surface area (Å²) in [4.78, 5) is 0. The molecule has 0 bridgehead atoms. The number of hydrogen-bond acceptors (Lipinski definition) is 6. The molecule has 0 fully saturated rings. The van der Waals surface area contributed by atoms with Crippen molar-refractivity contribution in [1.82, 2.24) is 0 Å². The average Bonchev–Trinajstić information content (AvgIpc) is 3.12. The zero-order valence-electron chi connectivity index (χ0n) is 34.4. The highest BCUT2D eigenvalue weighted by Crippen LogP contribution is 2.48. The van der Waals surface area contributed by atoms with Gasteiger partial charge in [0.05, 0.1) is 26.4 Å². The quantitative estimate of drug-likeness (QED) is 0.0872. The van der Waals surface area contributed by atoms with Crippen molar-refractivity contribution in [2.45, 2.75) is 130 Å². The minimum absolute atomic E-state index is 0.0341. The third-order valence-corrected chi connectivity index (χ3v) is 11.3. The fourth-order valence-corrected chi connectivity index (χ4v) is 8.25. The van der Waals surface area contributed by atoms with Crippen LogP contribution in [-0.4, -0.2) is 49.9 Å². The van der Waals surface area contributed by atoms with Gasteiger partial charge in [0.15, 0.2) is 0 Å². The van der Waals surface area contributed by atoms with Crippen LogP contribution in [0.25, 0.3) is 0 Å². The van der Waals surface area contributed by atoms with Gasteiger partial charge in [0.25, 0.3) is 0 Å². The van der Waals surface area contributed by atoms with Crippen molar-refractivity contribution in [3.8, 4) is 23.0 Å². The summed E-state index contributed by atoms with van der Waals surface area (Å²) in [5.74, 6) is 2.70. The van der Waals surface area contributed by atoms with Crippen LogP contribution >= 0.6 is 0 Å². The van der Waals surface area contributed by atoms with Crippen molar-refractivity contribution >= 4 is 0 Å². The number of phenols is 2. The minimum Gasteiger partial charge on any atom is -0.507 e. The molecule has 54 heavy (non-hydrogen) atoms. The van der Waals surface area contributed by atoms with Gasteiger partial charge >= 0.3 is 0 Å². The Balaban J connectivity index is 1.31. The van der Waals surface area contributed by atoms with Crippen LogP contribution in [0.2, 0.25) is 0 Å². The van der Waals surface area contributed by atoms with Crippen LogP contribution in [0.15, 0.2) is 71.9 Å². The summed E-state index contributed by atoms with van der Waals surface area (Å²) in [6, 6.07) is 8.11. The zero-order chi connectivity index (χ0) is 39.0. The predicted molar refractivity (Wildman–Crippen MR) is 223 cm³/mol. The molecule has 6 heteroatoms. The standard InChI is InChI=1S/C48H70O6/c1-9-11-13-15-37-29-43(49)47(41-27-35(7)17-19-39(41)33(3)4)45(31-37)53-25-23-51-21-22-52-24-26-54-46-32-38(16-14-12-10-2)30-44(50)48(46)42-28-36(8)18-20-40(42)34(5)6/h27-32,39-42,49-50H,3,5,9-26H2,1-2,4,6-8H3/t39-,40-,41+,42+/m0/s1. The van der Waals surface area contributed by atoms with Crippen molar-refractivity contribution in [3.63, 3.8) is 0 Å². The fourth-order valence-electron chi connectivity index (χ4n) is 8.25. The second-order valence-corrected chi connectivity index (χ2v) is 16.0. The molecular weight excluding hydrogens is 673 g/mol. The summed E-state index contributed by atoms with van der Waals surface area (Å²) in [5.41, 5.74) is 8.87. The molecule has 0 radical (unpaired) electrons. The van der Waals surface area contributed by atoms with E-state index < -0.39 is 0 Å². The Bertz CT molecular complexity index is 1470. The molecule has 2 aliphatic carbocycles. The lowest BCUT2D eigenvalue weighted by atomic mass is 9.73. The molecule has 0 saturated heterocycles. The monoisotopic (exact) mass is 743 g/mol. The molecule has 2 aromatic rings. The third-order valence-electron chi connectivity index (χ3n) is 11.3. The SMILES string of the molecule is C=C(C)[C@@H]1CCC(C)=C[C@H]1c1c(O)cc(CCCCC)cc1OCCOCCOCCOc1cc(CCCCC)cc(O)c1[C@@H]1C=C(C)CC[C@H]1C(=C)C. The van der Waals surface area contributed by atoms with Crippen LogP contribution in [0, 0.1) is 11.8 Å². The van der Waals surface area contributed by atoms with E-state index in [0.717, 1.165) is 122 Å². The molecule has 0 amide bonds. The lowest BCUT2D eigenvalue weighted by molar-refractivity contribution is 0.0270. The van der Waals surface area contributed by atoms with E-state index in [9.17, 15) is 10.2 Å². The molecule has 4 atom stereocenters. The van der Waals surface area contributed by atoms with Gasteiger partial charge in [-0.25, -0.2) is 0 Å². The van der Waals surface area contributed by atoms with Gasteiger partial charge < -0.3 is 29.2 Å². The summed E-state index contributed by atoms with van der Waals surface area (Å²) >= 11 is 0. The zero-order valence-corrected chi connectivity index (χ0v) is 34.4. The van der Waals surface area contributed by atoms with E-state index in [4.69, 9.17) is 18.9 Å². The number of hydrogen-bond donors (Lipinski definition) is 2. The molecule has 0 unspecified atom stereocenters. The first kappa shape index (κ1) is 43.3. The average molecular weight is 743 g/mol. The first-order valence-corrected chi connectivity index (χ1v) is 20.8. The number of aromatic hydroxyl groups is 2. The highest BCUT2D eigenvalue weighted by atomic mass is 16.6. The molecule has 298 valence electrons. The maximum Gasteiger partial charge on any atom is 0.127 e. The Morgan fingerprint density at radius 1 is 0.611 bits per heavy atom. The van der Waals surface area contributed by atoms with E-state index in [-0.39, 0.29) is 23.7 Å². The number of rotatable bonds is 23. The molecule has 0 aromatic heterocycles. The van der Waals surface area contributed by atoms with Crippen molar-refractivity contribution in [2.75, 3.05) is 39.6 Å². The lowest BCUT2D eigenvalue weighted by Crippen LogP contribution is -2.19. The summed E-state index contributed by atoms with van der Waals surface area (Å²) in [6.45, 7) is 24.0. The summed E-state index contributed by atoms with van der Waals surface area (Å²) < 4.78 is 24.6. The van der Waals surface area contributed by atoms with E-state index in [0.29, 0.717) is 51.1 Å². The Morgan fingerprint density at radius 3 is 1.37 bits per heavy atom. The predicted octanol–water partition coefficient (Wildman–Crippen LogP) is 12.1. The first-order valence-electron chi connectivity index (χ1n) is 20.8. The third kappa shape index (κ3) is 12.5. The Morgan fingerprint density at radius 2 is 1.00 bits per heavy atom. The molecule has 6 nitrogen and oxygen atoms in total. The first-order chi connectivity index (χ1) is 26.0. The van der Waals surface area contributed by atoms with Gasteiger partial charge in [0, 0.05) is 23.0 Å². The van der Waals surface area contributed by atoms with Gasteiger partial charge in [-0.05, 0) is 126 Å². The molecule has 4 rings (SSSR count). The topological polar surface area (TPSA) is 77.4 Å². The normalized spacial score (nSPS) is 20.0. The summed E-state index contributed by atoms with van der Waals surface area (Å²) in [6.07, 6.45) is 17.4. The van der Waals surface area contributed by atoms with Crippen LogP contribution in [0.3, 0.4) is 0 Å². The van der Waals surface area contributed by atoms with E-state index in [1.54, 1.807) is 0 Å². The Hall–Kier alpha value is -3.48. The van der Waals surface area contributed by atoms with Crippen molar-refractivity contribution in [2.24, 2.45) is 11.8 Å². The molecule has 0 saturated carbocycles. The van der Waals surface area contributed by atoms with E-state index in [1.807, 2.05) is 12.1 Å². The van der Waals surface area contributed by atoms with Gasteiger partial charge in [0.2, 0.25) is 0 Å². The smallest absolute Gasteiger partial charge is 0.127 e. The largest absolute Gasteiger partial charge is 0.507 e. The molecule has 0 aliphatic heterocycles. The van der Waals surface area contributed by atoms with Crippen molar-refractivity contribution in [3.05, 3.63) is 94.1 Å². The highest BCUT2D eigenvalue weighted by molar-refractivity contribution is 5.54. The van der Waals surface area contributed by atoms with Gasteiger partial charge in [-0.3, -0.25) is 0 Å². The van der Waals surface area contributed by atoms with Crippen molar-refractivity contribution < 1.29 is 29.2 Å². The van der Waals surface area contributed by atoms with E-state index in [2.05, 4.69) is 79.0 Å². The summed E-state index contributed by atoms with van der Waals surface area (Å²) in [5, 5.41) is 22.7. The van der Waals surface area contributed by atoms with Crippen LogP contribution in [0.4, 0.5) is 0 Å². The van der Waals surface area contributed by atoms with Gasteiger partial charge in [-0.1, -0.05) is 87.1 Å². The van der Waals surface area contributed by atoms with E-state index in [1.165, 1.54) is 11.1 Å². The Labute approximate surface area is 327 Å². The van der Waals surface area contributed by atoms with Crippen LogP contribution in [0.1, 0.15) is 140 Å². The minimum atomic E-state index is 0.0341. The second-order valence-electron chi connectivity index (χ2n) is 16.0. The molecule has 0 spiro atoms. The van der Waals surface area contributed by atoms with Crippen LogP contribution < -0.4 is 9.47 Å². The van der Waals surface area contributed by atoms with E-state index >= 15 is 0 Å². The molecular formula is C48H70O6. The summed E-state index contributed by atoms with van der Waals surface area (Å²) in [7, 11) is 0. The maximum absolute atomic E-state index is 11.4. The van der Waals surface area contributed by atoms with Gasteiger partial charge in [0.1, 0.15) is 36.2 Å². The molecule has 2 aliphatic rings.